The zero-order valence-corrected chi connectivity index (χ0v) is 17.0. The number of nitrogens with zero attached hydrogens (tertiary/aromatic N) is 6. The lowest BCUT2D eigenvalue weighted by Crippen LogP contribution is -2.28. The zero-order chi connectivity index (χ0) is 21.3. The Balaban J connectivity index is 1.64. The summed E-state index contributed by atoms with van der Waals surface area (Å²) in [6.07, 6.45) is 5.65. The van der Waals surface area contributed by atoms with E-state index in [0.29, 0.717) is 42.2 Å². The van der Waals surface area contributed by atoms with E-state index in [0.717, 1.165) is 12.0 Å². The number of aromatic nitrogens is 4. The Bertz CT molecular complexity index is 1090. The number of carbonyl (C=O) groups is 1. The molecule has 1 amide bonds. The van der Waals surface area contributed by atoms with Crippen LogP contribution in [0.2, 0.25) is 0 Å². The molecule has 0 bridgehead atoms. The van der Waals surface area contributed by atoms with Gasteiger partial charge in [-0.25, -0.2) is 19.0 Å². The van der Waals surface area contributed by atoms with Gasteiger partial charge in [-0.3, -0.25) is 4.79 Å². The van der Waals surface area contributed by atoms with Crippen LogP contribution in [0.5, 0.6) is 0 Å². The zero-order valence-electron chi connectivity index (χ0n) is 17.0. The highest BCUT2D eigenvalue weighted by atomic mass is 19.1. The number of likely N-dealkylation sites (tertiary alicyclic amines) is 1. The Labute approximate surface area is 173 Å². The van der Waals surface area contributed by atoms with Gasteiger partial charge in [0.25, 0.3) is 0 Å². The van der Waals surface area contributed by atoms with Gasteiger partial charge in [-0.2, -0.15) is 5.10 Å². The van der Waals surface area contributed by atoms with Gasteiger partial charge in [0, 0.05) is 31.3 Å². The number of hydrogen-bond donors (Lipinski definition) is 1. The van der Waals surface area contributed by atoms with E-state index in [1.165, 1.54) is 18.5 Å². The van der Waals surface area contributed by atoms with E-state index in [1.807, 2.05) is 34.7 Å². The molecule has 1 saturated heterocycles. The summed E-state index contributed by atoms with van der Waals surface area (Å²) in [4.78, 5) is 24.8. The first-order chi connectivity index (χ1) is 14.4. The molecule has 2 N–H and O–H groups in total. The molecule has 9 heteroatoms. The molecule has 0 aliphatic carbocycles. The standard InChI is InChI=1S/C21H24FN7O/c1-27(2)10-3-4-17(30)28-11-9-16(12-28)29-21-18(20(23)24-13-25-21)19(26-29)14-5-7-15(22)8-6-14/h3-8,13,16H,9-12H2,1-2H3,(H2,23,24,25)/b4-3+. The van der Waals surface area contributed by atoms with Gasteiger partial charge in [0.15, 0.2) is 5.65 Å². The number of halogens is 1. The molecule has 3 aromatic rings. The van der Waals surface area contributed by atoms with Gasteiger partial charge in [0.2, 0.25) is 5.91 Å². The van der Waals surface area contributed by atoms with Crippen molar-refractivity contribution < 1.29 is 9.18 Å². The van der Waals surface area contributed by atoms with Gasteiger partial charge >= 0.3 is 0 Å². The molecule has 1 aliphatic rings. The average molecular weight is 409 g/mol. The molecule has 30 heavy (non-hydrogen) atoms. The lowest BCUT2D eigenvalue weighted by atomic mass is 10.1. The maximum absolute atomic E-state index is 13.4. The Hall–Kier alpha value is -3.33. The molecule has 3 heterocycles. The molecule has 1 aliphatic heterocycles. The van der Waals surface area contributed by atoms with Crippen LogP contribution in [0.25, 0.3) is 22.3 Å². The van der Waals surface area contributed by atoms with E-state index in [4.69, 9.17) is 10.8 Å². The van der Waals surface area contributed by atoms with Crippen LogP contribution >= 0.6 is 0 Å². The third-order valence-corrected chi connectivity index (χ3v) is 5.19. The summed E-state index contributed by atoms with van der Waals surface area (Å²) in [6, 6.07) is 6.07. The Kier molecular flexibility index (Phi) is 5.45. The van der Waals surface area contributed by atoms with Gasteiger partial charge in [-0.05, 0) is 44.8 Å². The fraction of sp³-hybridized carbons (Fsp3) is 0.333. The number of benzene rings is 1. The fourth-order valence-corrected chi connectivity index (χ4v) is 3.67. The summed E-state index contributed by atoms with van der Waals surface area (Å²) in [5.74, 6) is -0.00851. The highest BCUT2D eigenvalue weighted by molar-refractivity contribution is 5.98. The molecule has 4 rings (SSSR count). The second-order valence-corrected chi connectivity index (χ2v) is 7.65. The van der Waals surface area contributed by atoms with Crippen LogP contribution in [0.3, 0.4) is 0 Å². The minimum absolute atomic E-state index is 0.0105. The van der Waals surface area contributed by atoms with Crippen molar-refractivity contribution in [3.8, 4) is 11.3 Å². The van der Waals surface area contributed by atoms with E-state index < -0.39 is 0 Å². The van der Waals surface area contributed by atoms with Crippen LogP contribution in [0.1, 0.15) is 12.5 Å². The molecular weight excluding hydrogens is 385 g/mol. The first-order valence-corrected chi connectivity index (χ1v) is 9.79. The van der Waals surface area contributed by atoms with Gasteiger partial charge in [0.1, 0.15) is 23.7 Å². The van der Waals surface area contributed by atoms with Crippen LogP contribution in [-0.2, 0) is 4.79 Å². The van der Waals surface area contributed by atoms with Crippen molar-refractivity contribution in [2.24, 2.45) is 0 Å². The Morgan fingerprint density at radius 1 is 1.30 bits per heavy atom. The topological polar surface area (TPSA) is 93.2 Å². The van der Waals surface area contributed by atoms with Crippen LogP contribution < -0.4 is 5.73 Å². The number of nitrogen functional groups attached to an aromatic ring is 1. The van der Waals surface area contributed by atoms with E-state index in [2.05, 4.69) is 9.97 Å². The SMILES string of the molecule is CN(C)C/C=C/C(=O)N1CCC(n2nc(-c3ccc(F)cc3)c3c(N)ncnc32)C1. The average Bonchev–Trinajstić information content (AvgIpc) is 3.34. The normalized spacial score (nSPS) is 16.9. The number of likely N-dealkylation sites (N-methyl/N-ethyl adjacent to an activating group) is 1. The lowest BCUT2D eigenvalue weighted by molar-refractivity contribution is -0.125. The predicted molar refractivity (Wildman–Crippen MR) is 113 cm³/mol. The van der Waals surface area contributed by atoms with Crippen LogP contribution in [0, 0.1) is 5.82 Å². The number of amides is 1. The lowest BCUT2D eigenvalue weighted by Gasteiger charge is -2.15. The van der Waals surface area contributed by atoms with Crippen LogP contribution in [0.4, 0.5) is 10.2 Å². The highest BCUT2D eigenvalue weighted by Crippen LogP contribution is 2.33. The van der Waals surface area contributed by atoms with E-state index in [9.17, 15) is 9.18 Å². The van der Waals surface area contributed by atoms with E-state index in [-0.39, 0.29) is 17.8 Å². The van der Waals surface area contributed by atoms with Crippen molar-refractivity contribution in [2.75, 3.05) is 39.5 Å². The summed E-state index contributed by atoms with van der Waals surface area (Å²) in [6.45, 7) is 1.89. The third kappa shape index (κ3) is 3.88. The molecule has 0 radical (unpaired) electrons. The minimum Gasteiger partial charge on any atom is -0.383 e. The van der Waals surface area contributed by atoms with Gasteiger partial charge < -0.3 is 15.5 Å². The largest absolute Gasteiger partial charge is 0.383 e. The molecular formula is C21H24FN7O. The molecule has 8 nitrogen and oxygen atoms in total. The first-order valence-electron chi connectivity index (χ1n) is 9.79. The monoisotopic (exact) mass is 409 g/mol. The van der Waals surface area contributed by atoms with Gasteiger partial charge in [0.05, 0.1) is 11.4 Å². The van der Waals surface area contributed by atoms with Crippen LogP contribution in [-0.4, -0.2) is 69.2 Å². The summed E-state index contributed by atoms with van der Waals surface area (Å²) in [5, 5.41) is 5.40. The minimum atomic E-state index is -0.320. The Morgan fingerprint density at radius 2 is 2.07 bits per heavy atom. The van der Waals surface area contributed by atoms with Crippen molar-refractivity contribution in [3.63, 3.8) is 0 Å². The molecule has 0 spiro atoms. The molecule has 2 aromatic heterocycles. The quantitative estimate of drug-likeness (QED) is 0.649. The summed E-state index contributed by atoms with van der Waals surface area (Å²) in [7, 11) is 3.91. The number of nitrogens with two attached hydrogens (primary N) is 1. The van der Waals surface area contributed by atoms with Gasteiger partial charge in [-0.15, -0.1) is 0 Å². The summed E-state index contributed by atoms with van der Waals surface area (Å²) < 4.78 is 15.2. The molecule has 1 unspecified atom stereocenters. The second kappa shape index (κ2) is 8.19. The molecule has 1 aromatic carbocycles. The van der Waals surface area contributed by atoms with Crippen LogP contribution in [0.15, 0.2) is 42.7 Å². The predicted octanol–water partition coefficient (Wildman–Crippen LogP) is 2.11. The maximum atomic E-state index is 13.4. The summed E-state index contributed by atoms with van der Waals surface area (Å²) >= 11 is 0. The molecule has 1 fully saturated rings. The number of rotatable bonds is 5. The van der Waals surface area contributed by atoms with Crippen molar-refractivity contribution in [1.29, 1.82) is 0 Å². The number of hydrogen-bond acceptors (Lipinski definition) is 6. The van der Waals surface area contributed by atoms with E-state index in [1.54, 1.807) is 18.2 Å². The van der Waals surface area contributed by atoms with Crippen molar-refractivity contribution >= 4 is 22.8 Å². The van der Waals surface area contributed by atoms with Crippen molar-refractivity contribution in [2.45, 2.75) is 12.5 Å². The molecule has 1 atom stereocenters. The molecule has 156 valence electrons. The highest BCUT2D eigenvalue weighted by Gasteiger charge is 2.30. The number of anilines is 1. The van der Waals surface area contributed by atoms with Crippen molar-refractivity contribution in [1.82, 2.24) is 29.5 Å². The number of fused-ring (bicyclic) bond motifs is 1. The smallest absolute Gasteiger partial charge is 0.246 e. The fourth-order valence-electron chi connectivity index (χ4n) is 3.67. The number of carbonyl (C=O) groups excluding carboxylic acids is 1. The van der Waals surface area contributed by atoms with Gasteiger partial charge in [-0.1, -0.05) is 6.08 Å². The molecule has 0 saturated carbocycles. The Morgan fingerprint density at radius 3 is 2.80 bits per heavy atom. The summed E-state index contributed by atoms with van der Waals surface area (Å²) in [5.41, 5.74) is 8.10. The second-order valence-electron chi connectivity index (χ2n) is 7.65. The maximum Gasteiger partial charge on any atom is 0.246 e. The van der Waals surface area contributed by atoms with E-state index >= 15 is 0 Å². The van der Waals surface area contributed by atoms with Crippen molar-refractivity contribution in [3.05, 3.63) is 48.6 Å². The first kappa shape index (κ1) is 20.0. The third-order valence-electron chi connectivity index (χ3n) is 5.19.